The number of carbonyl (C=O) groups is 1. The van der Waals surface area contributed by atoms with E-state index in [4.69, 9.17) is 18.9 Å². The second-order valence-corrected chi connectivity index (χ2v) is 6.37. The Morgan fingerprint density at radius 2 is 1.67 bits per heavy atom. The second-order valence-electron chi connectivity index (χ2n) is 5.34. The lowest BCUT2D eigenvalue weighted by atomic mass is 10.2. The lowest BCUT2D eigenvalue weighted by Gasteiger charge is -2.10. The summed E-state index contributed by atoms with van der Waals surface area (Å²) in [6.45, 7) is 0. The van der Waals surface area contributed by atoms with Crippen LogP contribution in [-0.4, -0.2) is 39.3 Å². The van der Waals surface area contributed by atoms with Crippen molar-refractivity contribution in [3.8, 4) is 23.0 Å². The first kappa shape index (κ1) is 18.6. The van der Waals surface area contributed by atoms with Crippen LogP contribution in [0.15, 0.2) is 30.3 Å². The third-order valence-corrected chi connectivity index (χ3v) is 4.74. The number of fused-ring (bicyclic) bond motifs is 1. The fraction of sp³-hybridized carbons (Fsp3) is 0.222. The number of nitrogens with one attached hydrogen (secondary N) is 2. The molecule has 9 heteroatoms. The first-order valence-corrected chi connectivity index (χ1v) is 8.72. The smallest absolute Gasteiger partial charge is 0.269 e. The number of nitrogens with zero attached hydrogens (tertiary/aromatic N) is 1. The number of carbonyl (C=O) groups excluding carboxylic acids is 1. The number of hydrogen-bond acceptors (Lipinski definition) is 8. The van der Waals surface area contributed by atoms with Gasteiger partial charge in [0.1, 0.15) is 17.0 Å². The normalized spacial score (nSPS) is 10.4. The van der Waals surface area contributed by atoms with Crippen molar-refractivity contribution < 1.29 is 23.7 Å². The zero-order valence-electron chi connectivity index (χ0n) is 15.3. The van der Waals surface area contributed by atoms with Gasteiger partial charge in [0.2, 0.25) is 5.13 Å². The zero-order valence-corrected chi connectivity index (χ0v) is 16.1. The van der Waals surface area contributed by atoms with E-state index in [0.717, 1.165) is 4.70 Å². The molecule has 0 fully saturated rings. The number of ether oxygens (including phenoxy) is 4. The van der Waals surface area contributed by atoms with Gasteiger partial charge in [0, 0.05) is 11.6 Å². The van der Waals surface area contributed by atoms with Crippen molar-refractivity contribution in [2.45, 2.75) is 0 Å². The molecule has 2 aromatic carbocycles. The van der Waals surface area contributed by atoms with Gasteiger partial charge < -0.3 is 18.9 Å². The SMILES string of the molecule is COc1cc(OC)c2nc(NNC(=O)c3ccc(OC)c(OC)c3)sc2c1. The number of amides is 1. The van der Waals surface area contributed by atoms with Crippen LogP contribution in [0.3, 0.4) is 0 Å². The van der Waals surface area contributed by atoms with Crippen LogP contribution >= 0.6 is 11.3 Å². The minimum absolute atomic E-state index is 0.334. The predicted molar refractivity (Wildman–Crippen MR) is 103 cm³/mol. The molecule has 0 unspecified atom stereocenters. The molecular weight excluding hydrogens is 370 g/mol. The van der Waals surface area contributed by atoms with E-state index >= 15 is 0 Å². The molecule has 27 heavy (non-hydrogen) atoms. The Hall–Kier alpha value is -3.20. The third-order valence-electron chi connectivity index (χ3n) is 3.82. The van der Waals surface area contributed by atoms with Crippen LogP contribution in [0, 0.1) is 0 Å². The summed E-state index contributed by atoms with van der Waals surface area (Å²) in [4.78, 5) is 16.8. The number of aromatic nitrogens is 1. The van der Waals surface area contributed by atoms with Crippen LogP contribution in [-0.2, 0) is 0 Å². The molecule has 2 N–H and O–H groups in total. The summed E-state index contributed by atoms with van der Waals surface area (Å²) in [5.41, 5.74) is 6.55. The van der Waals surface area contributed by atoms with Crippen molar-refractivity contribution in [2.24, 2.45) is 0 Å². The molecule has 0 bridgehead atoms. The highest BCUT2D eigenvalue weighted by atomic mass is 32.1. The molecule has 0 aliphatic rings. The van der Waals surface area contributed by atoms with Crippen LogP contribution in [0.2, 0.25) is 0 Å². The van der Waals surface area contributed by atoms with Gasteiger partial charge in [0.15, 0.2) is 11.5 Å². The summed E-state index contributed by atoms with van der Waals surface area (Å²) in [6.07, 6.45) is 0. The lowest BCUT2D eigenvalue weighted by molar-refractivity contribution is 0.0962. The van der Waals surface area contributed by atoms with Crippen molar-refractivity contribution >= 4 is 32.6 Å². The van der Waals surface area contributed by atoms with Gasteiger partial charge in [-0.1, -0.05) is 11.3 Å². The molecule has 0 saturated carbocycles. The molecule has 1 heterocycles. The zero-order chi connectivity index (χ0) is 19.4. The maximum atomic E-state index is 12.4. The van der Waals surface area contributed by atoms with Crippen molar-refractivity contribution in [3.05, 3.63) is 35.9 Å². The Morgan fingerprint density at radius 1 is 0.926 bits per heavy atom. The van der Waals surface area contributed by atoms with Gasteiger partial charge in [-0.2, -0.15) is 0 Å². The monoisotopic (exact) mass is 389 g/mol. The van der Waals surface area contributed by atoms with Crippen molar-refractivity contribution in [1.82, 2.24) is 10.4 Å². The molecule has 0 atom stereocenters. The maximum absolute atomic E-state index is 12.4. The second kappa shape index (κ2) is 8.00. The van der Waals surface area contributed by atoms with Crippen molar-refractivity contribution in [2.75, 3.05) is 33.9 Å². The van der Waals surface area contributed by atoms with Gasteiger partial charge in [-0.15, -0.1) is 0 Å². The average Bonchev–Trinajstić information content (AvgIpc) is 3.13. The number of hydrazine groups is 1. The molecule has 0 radical (unpaired) electrons. The highest BCUT2D eigenvalue weighted by molar-refractivity contribution is 7.22. The average molecular weight is 389 g/mol. The van der Waals surface area contributed by atoms with Crippen molar-refractivity contribution in [1.29, 1.82) is 0 Å². The molecule has 142 valence electrons. The Morgan fingerprint density at radius 3 is 2.33 bits per heavy atom. The Bertz CT molecular complexity index is 973. The summed E-state index contributed by atoms with van der Waals surface area (Å²) in [6, 6.07) is 8.53. The van der Waals surface area contributed by atoms with E-state index in [1.807, 2.05) is 6.07 Å². The maximum Gasteiger partial charge on any atom is 0.269 e. The number of rotatable bonds is 7. The minimum Gasteiger partial charge on any atom is -0.497 e. The van der Waals surface area contributed by atoms with Crippen LogP contribution in [0.5, 0.6) is 23.0 Å². The molecular formula is C18H19N3O5S. The number of benzene rings is 2. The summed E-state index contributed by atoms with van der Waals surface area (Å²) >= 11 is 1.37. The summed E-state index contributed by atoms with van der Waals surface area (Å²) in [5, 5.41) is 0.519. The van der Waals surface area contributed by atoms with Crippen LogP contribution in [0.25, 0.3) is 10.2 Å². The highest BCUT2D eigenvalue weighted by Crippen LogP contribution is 2.36. The van der Waals surface area contributed by atoms with E-state index < -0.39 is 0 Å². The third kappa shape index (κ3) is 3.82. The summed E-state index contributed by atoms with van der Waals surface area (Å²) in [5.74, 6) is 1.96. The summed E-state index contributed by atoms with van der Waals surface area (Å²) < 4.78 is 21.9. The number of anilines is 1. The molecule has 8 nitrogen and oxygen atoms in total. The Kier molecular flexibility index (Phi) is 5.51. The van der Waals surface area contributed by atoms with Crippen LogP contribution in [0.4, 0.5) is 5.13 Å². The lowest BCUT2D eigenvalue weighted by Crippen LogP contribution is -2.29. The molecule has 1 aromatic heterocycles. The van der Waals surface area contributed by atoms with Crippen LogP contribution in [0.1, 0.15) is 10.4 Å². The Labute approximate surface area is 160 Å². The van der Waals surface area contributed by atoms with Crippen LogP contribution < -0.4 is 29.8 Å². The minimum atomic E-state index is -0.334. The highest BCUT2D eigenvalue weighted by Gasteiger charge is 2.14. The standard InChI is InChI=1S/C18H19N3O5S/c1-23-11-8-14(26-4)16-15(9-11)27-18(19-16)21-20-17(22)10-5-6-12(24-2)13(7-10)25-3/h5-9H,1-4H3,(H,19,21)(H,20,22). The quantitative estimate of drug-likeness (QED) is 0.600. The van der Waals surface area contributed by atoms with E-state index in [1.54, 1.807) is 38.5 Å². The molecule has 0 aliphatic carbocycles. The van der Waals surface area contributed by atoms with Gasteiger partial charge in [-0.3, -0.25) is 15.6 Å². The topological polar surface area (TPSA) is 90.9 Å². The molecule has 1 amide bonds. The Balaban J connectivity index is 1.77. The van der Waals surface area contributed by atoms with E-state index in [1.165, 1.54) is 25.6 Å². The molecule has 3 rings (SSSR count). The van der Waals surface area contributed by atoms with E-state index in [2.05, 4.69) is 15.8 Å². The first-order chi connectivity index (χ1) is 13.1. The van der Waals surface area contributed by atoms with Gasteiger partial charge in [0.05, 0.1) is 33.1 Å². The van der Waals surface area contributed by atoms with Gasteiger partial charge >= 0.3 is 0 Å². The van der Waals surface area contributed by atoms with E-state index in [9.17, 15) is 4.79 Å². The van der Waals surface area contributed by atoms with Gasteiger partial charge in [-0.25, -0.2) is 4.98 Å². The van der Waals surface area contributed by atoms with E-state index in [0.29, 0.717) is 39.2 Å². The molecule has 0 spiro atoms. The molecule has 0 saturated heterocycles. The van der Waals surface area contributed by atoms with Gasteiger partial charge in [0.25, 0.3) is 5.91 Å². The number of thiazole rings is 1. The fourth-order valence-electron chi connectivity index (χ4n) is 2.46. The largest absolute Gasteiger partial charge is 0.497 e. The fourth-order valence-corrected chi connectivity index (χ4v) is 3.33. The first-order valence-electron chi connectivity index (χ1n) is 7.90. The predicted octanol–water partition coefficient (Wildman–Crippen LogP) is 3.09. The van der Waals surface area contributed by atoms with Gasteiger partial charge in [-0.05, 0) is 24.3 Å². The molecule has 0 aliphatic heterocycles. The molecule has 3 aromatic rings. The van der Waals surface area contributed by atoms with Crippen molar-refractivity contribution in [3.63, 3.8) is 0 Å². The number of methoxy groups -OCH3 is 4. The summed E-state index contributed by atoms with van der Waals surface area (Å²) in [7, 11) is 6.21. The number of hydrogen-bond donors (Lipinski definition) is 2. The van der Waals surface area contributed by atoms with E-state index in [-0.39, 0.29) is 5.91 Å².